The second kappa shape index (κ2) is 6.64. The molecule has 0 aliphatic carbocycles. The average molecular weight is 316 g/mol. The van der Waals surface area contributed by atoms with Gasteiger partial charge in [0.25, 0.3) is 0 Å². The van der Waals surface area contributed by atoms with Crippen LogP contribution in [0.4, 0.5) is 4.39 Å². The standard InChI is InChI=1S/C18H21FN2O2/c1-23-16-7-3-2-5-14(16)13-21-11-8-18(22,9-12-21)15-6-4-10-20-17(15)19/h2-7,10,22H,8-9,11-13H2,1H3. The van der Waals surface area contributed by atoms with E-state index in [1.807, 2.05) is 24.3 Å². The molecule has 0 spiro atoms. The highest BCUT2D eigenvalue weighted by Gasteiger charge is 2.36. The molecule has 2 heterocycles. The summed E-state index contributed by atoms with van der Waals surface area (Å²) in [6.45, 7) is 2.15. The number of para-hydroxylation sites is 1. The third-order valence-electron chi connectivity index (χ3n) is 4.53. The van der Waals surface area contributed by atoms with Crippen molar-refractivity contribution < 1.29 is 14.2 Å². The quantitative estimate of drug-likeness (QED) is 0.881. The van der Waals surface area contributed by atoms with Crippen molar-refractivity contribution in [2.24, 2.45) is 0 Å². The summed E-state index contributed by atoms with van der Waals surface area (Å²) in [5.74, 6) is 0.291. The Morgan fingerprint density at radius 3 is 2.65 bits per heavy atom. The van der Waals surface area contributed by atoms with Crippen molar-refractivity contribution in [3.8, 4) is 5.75 Å². The van der Waals surface area contributed by atoms with Gasteiger partial charge in [-0.1, -0.05) is 24.3 Å². The fraction of sp³-hybridized carbons (Fsp3) is 0.389. The number of hydrogen-bond donors (Lipinski definition) is 1. The molecule has 0 unspecified atom stereocenters. The third-order valence-corrected chi connectivity index (χ3v) is 4.53. The number of methoxy groups -OCH3 is 1. The number of aromatic nitrogens is 1. The summed E-state index contributed by atoms with van der Waals surface area (Å²) in [7, 11) is 1.67. The summed E-state index contributed by atoms with van der Waals surface area (Å²) in [4.78, 5) is 5.90. The topological polar surface area (TPSA) is 45.6 Å². The molecule has 1 N–H and O–H groups in total. The molecule has 1 aliphatic rings. The number of halogens is 1. The smallest absolute Gasteiger partial charge is 0.218 e. The van der Waals surface area contributed by atoms with Gasteiger partial charge in [-0.3, -0.25) is 4.90 Å². The second-order valence-electron chi connectivity index (χ2n) is 5.96. The van der Waals surface area contributed by atoms with Crippen molar-refractivity contribution >= 4 is 0 Å². The SMILES string of the molecule is COc1ccccc1CN1CCC(O)(c2cccnc2F)CC1. The van der Waals surface area contributed by atoms with E-state index < -0.39 is 11.5 Å². The minimum absolute atomic E-state index is 0.303. The first-order valence-corrected chi connectivity index (χ1v) is 7.80. The van der Waals surface area contributed by atoms with E-state index >= 15 is 0 Å². The van der Waals surface area contributed by atoms with E-state index in [0.717, 1.165) is 17.9 Å². The van der Waals surface area contributed by atoms with Crippen molar-refractivity contribution in [3.63, 3.8) is 0 Å². The van der Waals surface area contributed by atoms with E-state index in [-0.39, 0.29) is 0 Å². The minimum Gasteiger partial charge on any atom is -0.496 e. The number of ether oxygens (including phenoxy) is 1. The van der Waals surface area contributed by atoms with E-state index in [0.29, 0.717) is 31.5 Å². The van der Waals surface area contributed by atoms with E-state index in [2.05, 4.69) is 9.88 Å². The molecule has 23 heavy (non-hydrogen) atoms. The van der Waals surface area contributed by atoms with Crippen LogP contribution in [0, 0.1) is 5.95 Å². The highest BCUT2D eigenvalue weighted by molar-refractivity contribution is 5.33. The van der Waals surface area contributed by atoms with Crippen LogP contribution < -0.4 is 4.74 Å². The number of aliphatic hydroxyl groups is 1. The third kappa shape index (κ3) is 3.35. The molecule has 0 saturated carbocycles. The van der Waals surface area contributed by atoms with Gasteiger partial charge < -0.3 is 9.84 Å². The van der Waals surface area contributed by atoms with Gasteiger partial charge in [0, 0.05) is 37.0 Å². The summed E-state index contributed by atoms with van der Waals surface area (Å²) >= 11 is 0. The van der Waals surface area contributed by atoms with Crippen LogP contribution in [-0.2, 0) is 12.1 Å². The molecule has 2 aromatic rings. The normalized spacial score (nSPS) is 17.9. The van der Waals surface area contributed by atoms with Crippen molar-refractivity contribution in [2.75, 3.05) is 20.2 Å². The van der Waals surface area contributed by atoms with Gasteiger partial charge >= 0.3 is 0 Å². The number of rotatable bonds is 4. The van der Waals surface area contributed by atoms with Crippen LogP contribution in [0.2, 0.25) is 0 Å². The van der Waals surface area contributed by atoms with Crippen LogP contribution >= 0.6 is 0 Å². The summed E-state index contributed by atoms with van der Waals surface area (Å²) in [5, 5.41) is 10.8. The Labute approximate surface area is 135 Å². The first-order chi connectivity index (χ1) is 11.1. The number of nitrogens with zero attached hydrogens (tertiary/aromatic N) is 2. The molecule has 1 saturated heterocycles. The zero-order valence-electron chi connectivity index (χ0n) is 13.2. The Hall–Kier alpha value is -1.98. The van der Waals surface area contributed by atoms with Gasteiger partial charge in [0.1, 0.15) is 5.75 Å². The molecule has 122 valence electrons. The van der Waals surface area contributed by atoms with Gasteiger partial charge in [-0.2, -0.15) is 4.39 Å². The second-order valence-corrected chi connectivity index (χ2v) is 5.96. The number of benzene rings is 1. The Bertz CT molecular complexity index is 670. The summed E-state index contributed by atoms with van der Waals surface area (Å²) in [6, 6.07) is 11.2. The van der Waals surface area contributed by atoms with Crippen LogP contribution in [0.3, 0.4) is 0 Å². The lowest BCUT2D eigenvalue weighted by Crippen LogP contribution is -2.42. The lowest BCUT2D eigenvalue weighted by atomic mass is 9.85. The molecule has 0 atom stereocenters. The van der Waals surface area contributed by atoms with Gasteiger partial charge in [0.15, 0.2) is 0 Å². The molecule has 0 bridgehead atoms. The van der Waals surface area contributed by atoms with Gasteiger partial charge in [-0.25, -0.2) is 4.98 Å². The molecule has 3 rings (SSSR count). The van der Waals surface area contributed by atoms with Crippen molar-refractivity contribution in [2.45, 2.75) is 25.0 Å². The maximum Gasteiger partial charge on any atom is 0.218 e. The zero-order valence-corrected chi connectivity index (χ0v) is 13.2. The fourth-order valence-electron chi connectivity index (χ4n) is 3.16. The maximum atomic E-state index is 13.9. The monoisotopic (exact) mass is 316 g/mol. The van der Waals surface area contributed by atoms with Crippen LogP contribution in [0.5, 0.6) is 5.75 Å². The molecule has 1 aromatic heterocycles. The molecule has 0 radical (unpaired) electrons. The summed E-state index contributed by atoms with van der Waals surface area (Å²) < 4.78 is 19.2. The van der Waals surface area contributed by atoms with Gasteiger partial charge in [0.2, 0.25) is 5.95 Å². The predicted octanol–water partition coefficient (Wildman–Crippen LogP) is 2.71. The van der Waals surface area contributed by atoms with E-state index in [1.165, 1.54) is 6.20 Å². The Balaban J connectivity index is 1.68. The highest BCUT2D eigenvalue weighted by atomic mass is 19.1. The van der Waals surface area contributed by atoms with Crippen LogP contribution in [0.1, 0.15) is 24.0 Å². The molecular weight excluding hydrogens is 295 g/mol. The molecule has 1 fully saturated rings. The number of piperidine rings is 1. The number of likely N-dealkylation sites (tertiary alicyclic amines) is 1. The fourth-order valence-corrected chi connectivity index (χ4v) is 3.16. The average Bonchev–Trinajstić information content (AvgIpc) is 2.58. The summed E-state index contributed by atoms with van der Waals surface area (Å²) in [5.41, 5.74) is 0.292. The first kappa shape index (κ1) is 15.9. The van der Waals surface area contributed by atoms with Crippen LogP contribution in [-0.4, -0.2) is 35.2 Å². The lowest BCUT2D eigenvalue weighted by Gasteiger charge is -2.38. The predicted molar refractivity (Wildman–Crippen MR) is 85.6 cm³/mol. The van der Waals surface area contributed by atoms with E-state index in [1.54, 1.807) is 19.2 Å². The Morgan fingerprint density at radius 2 is 1.96 bits per heavy atom. The molecule has 4 nitrogen and oxygen atoms in total. The first-order valence-electron chi connectivity index (χ1n) is 7.80. The molecule has 5 heteroatoms. The number of hydrogen-bond acceptors (Lipinski definition) is 4. The maximum absolute atomic E-state index is 13.9. The van der Waals surface area contributed by atoms with E-state index in [9.17, 15) is 9.50 Å². The van der Waals surface area contributed by atoms with Crippen LogP contribution in [0.15, 0.2) is 42.6 Å². The Morgan fingerprint density at radius 1 is 1.22 bits per heavy atom. The zero-order chi connectivity index (χ0) is 16.3. The summed E-state index contributed by atoms with van der Waals surface area (Å²) in [6.07, 6.45) is 2.38. The molecule has 1 aromatic carbocycles. The molecular formula is C18H21FN2O2. The van der Waals surface area contributed by atoms with Crippen molar-refractivity contribution in [1.82, 2.24) is 9.88 Å². The van der Waals surface area contributed by atoms with Crippen molar-refractivity contribution in [1.29, 1.82) is 0 Å². The lowest BCUT2D eigenvalue weighted by molar-refractivity contribution is -0.0308. The van der Waals surface area contributed by atoms with Crippen LogP contribution in [0.25, 0.3) is 0 Å². The molecule has 1 aliphatic heterocycles. The van der Waals surface area contributed by atoms with Gasteiger partial charge in [-0.05, 0) is 25.0 Å². The Kier molecular flexibility index (Phi) is 4.59. The number of pyridine rings is 1. The minimum atomic E-state index is -1.13. The van der Waals surface area contributed by atoms with Gasteiger partial charge in [-0.15, -0.1) is 0 Å². The highest BCUT2D eigenvalue weighted by Crippen LogP contribution is 2.34. The largest absolute Gasteiger partial charge is 0.496 e. The van der Waals surface area contributed by atoms with E-state index in [4.69, 9.17) is 4.74 Å². The molecule has 0 amide bonds. The van der Waals surface area contributed by atoms with Gasteiger partial charge in [0.05, 0.1) is 12.7 Å². The van der Waals surface area contributed by atoms with Crippen molar-refractivity contribution in [3.05, 3.63) is 59.7 Å².